The van der Waals surface area contributed by atoms with Crippen LogP contribution in [0.4, 0.5) is 0 Å². The summed E-state index contributed by atoms with van der Waals surface area (Å²) in [6.45, 7) is 1.87. The smallest absolute Gasteiger partial charge is 0.341 e. The number of pyridine rings is 1. The van der Waals surface area contributed by atoms with Gasteiger partial charge in [-0.1, -0.05) is 12.2 Å². The molecule has 0 aliphatic heterocycles. The number of fused-ring (bicyclic) bond motifs is 1. The Kier molecular flexibility index (Phi) is 3.37. The van der Waals surface area contributed by atoms with E-state index >= 15 is 0 Å². The Bertz CT molecular complexity index is 728. The van der Waals surface area contributed by atoms with E-state index in [-0.39, 0.29) is 5.56 Å². The molecule has 2 N–H and O–H groups in total. The molecule has 1 aromatic heterocycles. The van der Waals surface area contributed by atoms with Crippen molar-refractivity contribution in [1.82, 2.24) is 4.98 Å². The molecule has 0 aliphatic rings. The molecule has 5 heteroatoms. The van der Waals surface area contributed by atoms with Gasteiger partial charge in [0, 0.05) is 11.8 Å². The zero-order valence-electron chi connectivity index (χ0n) is 10.6. The molecule has 2 aromatic rings. The molecule has 1 aromatic carbocycles. The van der Waals surface area contributed by atoms with Crippen molar-refractivity contribution in [2.45, 2.75) is 6.92 Å². The van der Waals surface area contributed by atoms with Gasteiger partial charge in [-0.05, 0) is 19.1 Å². The molecule has 1 heterocycles. The minimum absolute atomic E-state index is 0.284. The fourth-order valence-electron chi connectivity index (χ4n) is 1.91. The molecule has 0 radical (unpaired) electrons. The second-order valence-electron chi connectivity index (χ2n) is 3.98. The van der Waals surface area contributed by atoms with Gasteiger partial charge in [0.2, 0.25) is 5.43 Å². The van der Waals surface area contributed by atoms with E-state index in [2.05, 4.69) is 4.98 Å². The number of benzene rings is 1. The summed E-state index contributed by atoms with van der Waals surface area (Å²) in [6.07, 6.45) is 4.91. The third-order valence-electron chi connectivity index (χ3n) is 2.81. The van der Waals surface area contributed by atoms with Gasteiger partial charge in [0.05, 0.1) is 18.0 Å². The highest BCUT2D eigenvalue weighted by Gasteiger charge is 2.13. The first-order valence-electron chi connectivity index (χ1n) is 5.68. The summed E-state index contributed by atoms with van der Waals surface area (Å²) < 4.78 is 5.21. The number of nitrogens with one attached hydrogen (secondary N) is 1. The number of carbonyl (C=O) groups is 1. The van der Waals surface area contributed by atoms with Crippen LogP contribution < -0.4 is 10.2 Å². The molecular weight excluding hydrogens is 246 g/mol. The van der Waals surface area contributed by atoms with Crippen LogP contribution in [0, 0.1) is 0 Å². The van der Waals surface area contributed by atoms with Crippen molar-refractivity contribution in [3.63, 3.8) is 0 Å². The van der Waals surface area contributed by atoms with Crippen LogP contribution in [0.2, 0.25) is 0 Å². The van der Waals surface area contributed by atoms with Crippen molar-refractivity contribution in [2.75, 3.05) is 7.11 Å². The van der Waals surface area contributed by atoms with Gasteiger partial charge in [0.25, 0.3) is 0 Å². The number of allylic oxidation sites excluding steroid dienone is 1. The maximum absolute atomic E-state index is 12.0. The Balaban J connectivity index is 2.82. The Labute approximate surface area is 109 Å². The number of carboxylic acids is 1. The van der Waals surface area contributed by atoms with Crippen molar-refractivity contribution >= 4 is 22.9 Å². The predicted molar refractivity (Wildman–Crippen MR) is 72.8 cm³/mol. The molecule has 0 saturated carbocycles. The third-order valence-corrected chi connectivity index (χ3v) is 2.81. The molecule has 0 aliphatic carbocycles. The van der Waals surface area contributed by atoms with Gasteiger partial charge in [-0.2, -0.15) is 0 Å². The summed E-state index contributed by atoms with van der Waals surface area (Å²) in [5.74, 6) is -0.724. The van der Waals surface area contributed by atoms with E-state index in [1.807, 2.05) is 19.1 Å². The average Bonchev–Trinajstić information content (AvgIpc) is 2.38. The fraction of sp³-hybridized carbons (Fsp3) is 0.143. The number of hydrogen-bond acceptors (Lipinski definition) is 3. The summed E-state index contributed by atoms with van der Waals surface area (Å²) in [7, 11) is 1.50. The second-order valence-corrected chi connectivity index (χ2v) is 3.98. The van der Waals surface area contributed by atoms with Gasteiger partial charge in [0.1, 0.15) is 11.3 Å². The Morgan fingerprint density at radius 2 is 2.16 bits per heavy atom. The third kappa shape index (κ3) is 2.22. The molecule has 0 spiro atoms. The number of hydrogen-bond donors (Lipinski definition) is 2. The number of aromatic nitrogens is 1. The van der Waals surface area contributed by atoms with E-state index in [9.17, 15) is 9.59 Å². The van der Waals surface area contributed by atoms with E-state index in [1.54, 1.807) is 12.1 Å². The van der Waals surface area contributed by atoms with Crippen molar-refractivity contribution in [3.05, 3.63) is 45.8 Å². The van der Waals surface area contributed by atoms with Crippen LogP contribution in [0.5, 0.6) is 5.75 Å². The number of aromatic carboxylic acids is 1. The summed E-state index contributed by atoms with van der Waals surface area (Å²) in [5.41, 5.74) is 0.583. The largest absolute Gasteiger partial charge is 0.496 e. The molecule has 0 atom stereocenters. The number of methoxy groups -OCH3 is 1. The van der Waals surface area contributed by atoms with Crippen molar-refractivity contribution in [1.29, 1.82) is 0 Å². The molecular formula is C14H13NO4. The molecule has 5 nitrogen and oxygen atoms in total. The highest BCUT2D eigenvalue weighted by molar-refractivity contribution is 5.93. The second kappa shape index (κ2) is 4.97. The van der Waals surface area contributed by atoms with E-state index in [1.165, 1.54) is 13.3 Å². The predicted octanol–water partition coefficient (Wildman–Crippen LogP) is 2.27. The van der Waals surface area contributed by atoms with Gasteiger partial charge in [-0.3, -0.25) is 4.79 Å². The molecule has 0 bridgehead atoms. The number of carboxylic acid groups (broad SMARTS) is 1. The number of aromatic amines is 1. The Morgan fingerprint density at radius 1 is 1.42 bits per heavy atom. The van der Waals surface area contributed by atoms with Crippen molar-refractivity contribution in [2.24, 2.45) is 0 Å². The van der Waals surface area contributed by atoms with Gasteiger partial charge < -0.3 is 14.8 Å². The van der Waals surface area contributed by atoms with Crippen LogP contribution in [-0.2, 0) is 0 Å². The van der Waals surface area contributed by atoms with Crippen LogP contribution in [-0.4, -0.2) is 23.2 Å². The SMILES string of the molecule is C/C=C\c1cc2[nH]cc(C(=O)O)c(=O)c2cc1OC. The molecule has 0 fully saturated rings. The van der Waals surface area contributed by atoms with Gasteiger partial charge >= 0.3 is 5.97 Å². The van der Waals surface area contributed by atoms with Crippen molar-refractivity contribution < 1.29 is 14.6 Å². The van der Waals surface area contributed by atoms with Gasteiger partial charge in [-0.15, -0.1) is 0 Å². The monoisotopic (exact) mass is 259 g/mol. The summed E-state index contributed by atoms with van der Waals surface area (Å²) in [6, 6.07) is 3.30. The Morgan fingerprint density at radius 3 is 2.74 bits per heavy atom. The minimum Gasteiger partial charge on any atom is -0.496 e. The lowest BCUT2D eigenvalue weighted by molar-refractivity contribution is 0.0695. The molecule has 0 amide bonds. The number of rotatable bonds is 3. The van der Waals surface area contributed by atoms with E-state index in [0.29, 0.717) is 16.7 Å². The fourth-order valence-corrected chi connectivity index (χ4v) is 1.91. The minimum atomic E-state index is -1.25. The van der Waals surface area contributed by atoms with E-state index in [0.717, 1.165) is 5.56 Å². The first kappa shape index (κ1) is 12.9. The van der Waals surface area contributed by atoms with Crippen molar-refractivity contribution in [3.8, 4) is 5.75 Å². The summed E-state index contributed by atoms with van der Waals surface area (Å²) in [5, 5.41) is 9.22. The first-order valence-corrected chi connectivity index (χ1v) is 5.68. The lowest BCUT2D eigenvalue weighted by Crippen LogP contribution is -2.15. The van der Waals surface area contributed by atoms with E-state index < -0.39 is 11.4 Å². The molecule has 0 saturated heterocycles. The zero-order chi connectivity index (χ0) is 14.0. The quantitative estimate of drug-likeness (QED) is 0.886. The standard InChI is InChI=1S/C14H13NO4/c1-3-4-8-5-11-9(6-12(8)19-2)13(16)10(7-15-11)14(17)18/h3-7H,1-2H3,(H,15,16)(H,17,18)/b4-3-. The molecule has 0 unspecified atom stereocenters. The number of H-pyrrole nitrogens is 1. The van der Waals surface area contributed by atoms with E-state index in [4.69, 9.17) is 9.84 Å². The first-order chi connectivity index (χ1) is 9.08. The maximum Gasteiger partial charge on any atom is 0.341 e. The highest BCUT2D eigenvalue weighted by Crippen LogP contribution is 2.24. The summed E-state index contributed by atoms with van der Waals surface area (Å²) in [4.78, 5) is 25.8. The molecule has 19 heavy (non-hydrogen) atoms. The van der Waals surface area contributed by atoms with Gasteiger partial charge in [-0.25, -0.2) is 4.79 Å². The highest BCUT2D eigenvalue weighted by atomic mass is 16.5. The number of ether oxygens (including phenoxy) is 1. The average molecular weight is 259 g/mol. The lowest BCUT2D eigenvalue weighted by Gasteiger charge is -2.07. The van der Waals surface area contributed by atoms with Crippen LogP contribution in [0.15, 0.2) is 29.2 Å². The Hall–Kier alpha value is -2.56. The lowest BCUT2D eigenvalue weighted by atomic mass is 10.1. The zero-order valence-corrected chi connectivity index (χ0v) is 10.6. The topological polar surface area (TPSA) is 79.4 Å². The van der Waals surface area contributed by atoms with Crippen LogP contribution >= 0.6 is 0 Å². The molecule has 2 rings (SSSR count). The van der Waals surface area contributed by atoms with Crippen LogP contribution in [0.25, 0.3) is 17.0 Å². The van der Waals surface area contributed by atoms with Gasteiger partial charge in [0.15, 0.2) is 0 Å². The normalized spacial score (nSPS) is 11.1. The summed E-state index contributed by atoms with van der Waals surface area (Å²) >= 11 is 0. The van der Waals surface area contributed by atoms with Crippen LogP contribution in [0.3, 0.4) is 0 Å². The van der Waals surface area contributed by atoms with Crippen LogP contribution in [0.1, 0.15) is 22.8 Å². The molecule has 98 valence electrons. The maximum atomic E-state index is 12.0.